The first kappa shape index (κ1) is 12.1. The minimum Gasteiger partial charge on any atom is -0.480 e. The summed E-state index contributed by atoms with van der Waals surface area (Å²) >= 11 is 0. The molecular formula is C14H19NO2. The van der Waals surface area contributed by atoms with E-state index in [1.807, 2.05) is 6.07 Å². The van der Waals surface area contributed by atoms with Gasteiger partial charge in [0.2, 0.25) is 0 Å². The fraction of sp³-hybridized carbons (Fsp3) is 0.500. The SMILES string of the molecule is CC(C)(C)c1ccc2c(c1)C(C(=O)O)NCC2. The number of carbonyl (C=O) groups is 1. The molecule has 92 valence electrons. The molecule has 0 saturated carbocycles. The Morgan fingerprint density at radius 2 is 2.12 bits per heavy atom. The van der Waals surface area contributed by atoms with Gasteiger partial charge in [-0.05, 0) is 28.5 Å². The zero-order valence-electron chi connectivity index (χ0n) is 10.6. The Kier molecular flexibility index (Phi) is 2.96. The van der Waals surface area contributed by atoms with Gasteiger partial charge in [-0.3, -0.25) is 4.79 Å². The zero-order valence-corrected chi connectivity index (χ0v) is 10.6. The molecule has 2 rings (SSSR count). The first-order valence-corrected chi connectivity index (χ1v) is 5.99. The number of benzene rings is 1. The van der Waals surface area contributed by atoms with Gasteiger partial charge in [-0.2, -0.15) is 0 Å². The molecule has 0 radical (unpaired) electrons. The predicted octanol–water partition coefficient (Wildman–Crippen LogP) is 2.26. The lowest BCUT2D eigenvalue weighted by Crippen LogP contribution is -2.35. The van der Waals surface area contributed by atoms with E-state index in [1.54, 1.807) is 0 Å². The number of fused-ring (bicyclic) bond motifs is 1. The van der Waals surface area contributed by atoms with Crippen LogP contribution in [0.25, 0.3) is 0 Å². The summed E-state index contributed by atoms with van der Waals surface area (Å²) in [5, 5.41) is 12.3. The Morgan fingerprint density at radius 3 is 2.71 bits per heavy atom. The average Bonchev–Trinajstić information content (AvgIpc) is 2.26. The van der Waals surface area contributed by atoms with Gasteiger partial charge in [-0.15, -0.1) is 0 Å². The van der Waals surface area contributed by atoms with Crippen molar-refractivity contribution in [2.24, 2.45) is 0 Å². The third-order valence-electron chi connectivity index (χ3n) is 3.31. The summed E-state index contributed by atoms with van der Waals surface area (Å²) in [6, 6.07) is 5.68. The summed E-state index contributed by atoms with van der Waals surface area (Å²) < 4.78 is 0. The number of hydrogen-bond acceptors (Lipinski definition) is 2. The molecule has 1 aliphatic heterocycles. The number of carboxylic acids is 1. The van der Waals surface area contributed by atoms with Crippen LogP contribution in [0.3, 0.4) is 0 Å². The Labute approximate surface area is 102 Å². The molecule has 0 bridgehead atoms. The molecule has 3 nitrogen and oxygen atoms in total. The molecule has 1 unspecified atom stereocenters. The van der Waals surface area contributed by atoms with E-state index in [1.165, 1.54) is 5.56 Å². The molecule has 1 heterocycles. The molecule has 0 aliphatic carbocycles. The molecule has 0 fully saturated rings. The molecule has 1 aromatic carbocycles. The van der Waals surface area contributed by atoms with Gasteiger partial charge in [0, 0.05) is 6.54 Å². The van der Waals surface area contributed by atoms with Crippen molar-refractivity contribution in [2.45, 2.75) is 38.6 Å². The van der Waals surface area contributed by atoms with Crippen LogP contribution in [0, 0.1) is 0 Å². The van der Waals surface area contributed by atoms with Crippen molar-refractivity contribution < 1.29 is 9.90 Å². The maximum absolute atomic E-state index is 11.2. The van der Waals surface area contributed by atoms with Gasteiger partial charge in [0.15, 0.2) is 0 Å². The third-order valence-corrected chi connectivity index (χ3v) is 3.31. The van der Waals surface area contributed by atoms with Crippen LogP contribution in [0.15, 0.2) is 18.2 Å². The van der Waals surface area contributed by atoms with Gasteiger partial charge in [-0.1, -0.05) is 39.0 Å². The lowest BCUT2D eigenvalue weighted by Gasteiger charge is -2.27. The highest BCUT2D eigenvalue weighted by Crippen LogP contribution is 2.29. The summed E-state index contributed by atoms with van der Waals surface area (Å²) in [4.78, 5) is 11.2. The Bertz CT molecular complexity index is 446. The Hall–Kier alpha value is -1.35. The predicted molar refractivity (Wildman–Crippen MR) is 67.2 cm³/mol. The van der Waals surface area contributed by atoms with E-state index in [9.17, 15) is 9.90 Å². The molecule has 3 heteroatoms. The van der Waals surface area contributed by atoms with Crippen molar-refractivity contribution in [3.8, 4) is 0 Å². The summed E-state index contributed by atoms with van der Waals surface area (Å²) in [5.74, 6) is -0.794. The molecule has 1 atom stereocenters. The lowest BCUT2D eigenvalue weighted by atomic mass is 9.83. The Balaban J connectivity index is 2.48. The van der Waals surface area contributed by atoms with Gasteiger partial charge >= 0.3 is 5.97 Å². The van der Waals surface area contributed by atoms with E-state index in [0.29, 0.717) is 0 Å². The number of carboxylic acid groups (broad SMARTS) is 1. The zero-order chi connectivity index (χ0) is 12.6. The van der Waals surface area contributed by atoms with Crippen LogP contribution in [0.5, 0.6) is 0 Å². The summed E-state index contributed by atoms with van der Waals surface area (Å²) in [6.45, 7) is 7.15. The van der Waals surface area contributed by atoms with E-state index in [2.05, 4.69) is 38.2 Å². The average molecular weight is 233 g/mol. The molecule has 1 aliphatic rings. The van der Waals surface area contributed by atoms with E-state index < -0.39 is 12.0 Å². The largest absolute Gasteiger partial charge is 0.480 e. The summed E-state index contributed by atoms with van der Waals surface area (Å²) in [7, 11) is 0. The van der Waals surface area contributed by atoms with Gasteiger partial charge in [0.1, 0.15) is 6.04 Å². The number of aliphatic carboxylic acids is 1. The van der Waals surface area contributed by atoms with Gasteiger partial charge in [0.05, 0.1) is 0 Å². The summed E-state index contributed by atoms with van der Waals surface area (Å²) in [6.07, 6.45) is 0.906. The summed E-state index contributed by atoms with van der Waals surface area (Å²) in [5.41, 5.74) is 3.32. The van der Waals surface area contributed by atoms with E-state index in [0.717, 1.165) is 24.1 Å². The van der Waals surface area contributed by atoms with E-state index in [-0.39, 0.29) is 5.41 Å². The fourth-order valence-corrected chi connectivity index (χ4v) is 2.24. The van der Waals surface area contributed by atoms with Crippen LogP contribution >= 0.6 is 0 Å². The highest BCUT2D eigenvalue weighted by molar-refractivity contribution is 5.76. The quantitative estimate of drug-likeness (QED) is 0.782. The van der Waals surface area contributed by atoms with Crippen molar-refractivity contribution in [2.75, 3.05) is 6.54 Å². The standard InChI is InChI=1S/C14H19NO2/c1-14(2,3)10-5-4-9-6-7-15-12(13(16)17)11(9)8-10/h4-5,8,12,15H,6-7H2,1-3H3,(H,16,17). The molecule has 17 heavy (non-hydrogen) atoms. The number of rotatable bonds is 1. The molecule has 1 aromatic rings. The maximum atomic E-state index is 11.2. The molecular weight excluding hydrogens is 214 g/mol. The lowest BCUT2D eigenvalue weighted by molar-refractivity contribution is -0.139. The van der Waals surface area contributed by atoms with E-state index >= 15 is 0 Å². The molecule has 2 N–H and O–H groups in total. The topological polar surface area (TPSA) is 49.3 Å². The smallest absolute Gasteiger partial charge is 0.325 e. The van der Waals surface area contributed by atoms with Crippen molar-refractivity contribution >= 4 is 5.97 Å². The second-order valence-corrected chi connectivity index (χ2v) is 5.64. The highest BCUT2D eigenvalue weighted by Gasteiger charge is 2.27. The normalized spacial score (nSPS) is 19.8. The molecule has 0 amide bonds. The van der Waals surface area contributed by atoms with Crippen LogP contribution < -0.4 is 5.32 Å². The van der Waals surface area contributed by atoms with Crippen molar-refractivity contribution in [1.82, 2.24) is 5.32 Å². The van der Waals surface area contributed by atoms with Crippen molar-refractivity contribution in [3.63, 3.8) is 0 Å². The van der Waals surface area contributed by atoms with Gasteiger partial charge in [-0.25, -0.2) is 0 Å². The third kappa shape index (κ3) is 2.34. The van der Waals surface area contributed by atoms with Crippen LogP contribution in [-0.4, -0.2) is 17.6 Å². The minimum absolute atomic E-state index is 0.0511. The maximum Gasteiger partial charge on any atom is 0.325 e. The van der Waals surface area contributed by atoms with Crippen LogP contribution in [0.1, 0.15) is 43.5 Å². The van der Waals surface area contributed by atoms with Crippen LogP contribution in [0.4, 0.5) is 0 Å². The van der Waals surface area contributed by atoms with Gasteiger partial charge < -0.3 is 10.4 Å². The first-order valence-electron chi connectivity index (χ1n) is 5.99. The Morgan fingerprint density at radius 1 is 1.41 bits per heavy atom. The number of nitrogens with one attached hydrogen (secondary N) is 1. The van der Waals surface area contributed by atoms with Gasteiger partial charge in [0.25, 0.3) is 0 Å². The highest BCUT2D eigenvalue weighted by atomic mass is 16.4. The molecule has 0 saturated heterocycles. The second-order valence-electron chi connectivity index (χ2n) is 5.64. The van der Waals surface area contributed by atoms with Crippen molar-refractivity contribution in [3.05, 3.63) is 34.9 Å². The van der Waals surface area contributed by atoms with Crippen molar-refractivity contribution in [1.29, 1.82) is 0 Å². The molecule has 0 spiro atoms. The first-order chi connectivity index (χ1) is 7.89. The second kappa shape index (κ2) is 4.15. The van der Waals surface area contributed by atoms with Crippen LogP contribution in [-0.2, 0) is 16.6 Å². The molecule has 0 aromatic heterocycles. The van der Waals surface area contributed by atoms with E-state index in [4.69, 9.17) is 0 Å². The number of hydrogen-bond donors (Lipinski definition) is 2. The van der Waals surface area contributed by atoms with Crippen LogP contribution in [0.2, 0.25) is 0 Å². The fourth-order valence-electron chi connectivity index (χ4n) is 2.24. The monoisotopic (exact) mass is 233 g/mol. The minimum atomic E-state index is -0.794.